The van der Waals surface area contributed by atoms with E-state index in [0.717, 1.165) is 28.8 Å². The highest BCUT2D eigenvalue weighted by atomic mass is 35.5. The molecule has 1 heterocycles. The molecule has 22 heavy (non-hydrogen) atoms. The van der Waals surface area contributed by atoms with Crippen molar-refractivity contribution in [2.75, 3.05) is 11.9 Å². The zero-order valence-corrected chi connectivity index (χ0v) is 13.4. The van der Waals surface area contributed by atoms with Crippen LogP contribution in [0.3, 0.4) is 0 Å². The van der Waals surface area contributed by atoms with E-state index in [2.05, 4.69) is 24.1 Å². The molecule has 4 heteroatoms. The smallest absolute Gasteiger partial charge is 0.163 e. The van der Waals surface area contributed by atoms with Crippen molar-refractivity contribution in [2.24, 2.45) is 5.92 Å². The predicted molar refractivity (Wildman–Crippen MR) is 93.3 cm³/mol. The summed E-state index contributed by atoms with van der Waals surface area (Å²) in [5, 5.41) is 5.11. The van der Waals surface area contributed by atoms with Crippen LogP contribution in [0.4, 0.5) is 5.82 Å². The molecule has 0 fully saturated rings. The lowest BCUT2D eigenvalue weighted by molar-refractivity contribution is 0.687. The van der Waals surface area contributed by atoms with E-state index in [-0.39, 0.29) is 0 Å². The van der Waals surface area contributed by atoms with Gasteiger partial charge in [-0.15, -0.1) is 0 Å². The average molecular weight is 312 g/mol. The minimum Gasteiger partial charge on any atom is -0.369 e. The van der Waals surface area contributed by atoms with Crippen LogP contribution in [0.1, 0.15) is 13.8 Å². The maximum absolute atomic E-state index is 6.29. The highest BCUT2D eigenvalue weighted by Crippen LogP contribution is 2.29. The van der Waals surface area contributed by atoms with E-state index in [4.69, 9.17) is 16.6 Å². The third-order valence-electron chi connectivity index (χ3n) is 3.40. The number of fused-ring (bicyclic) bond motifs is 1. The number of aromatic nitrogens is 2. The molecule has 0 radical (unpaired) electrons. The van der Waals surface area contributed by atoms with Crippen LogP contribution in [0.15, 0.2) is 48.5 Å². The lowest BCUT2D eigenvalue weighted by Gasteiger charge is -2.13. The van der Waals surface area contributed by atoms with Gasteiger partial charge in [0.05, 0.1) is 10.5 Å². The second-order valence-corrected chi connectivity index (χ2v) is 6.07. The molecule has 0 atom stereocenters. The number of anilines is 1. The average Bonchev–Trinajstić information content (AvgIpc) is 2.52. The first kappa shape index (κ1) is 14.8. The second-order valence-electron chi connectivity index (χ2n) is 5.67. The molecule has 3 rings (SSSR count). The van der Waals surface area contributed by atoms with Crippen LogP contribution < -0.4 is 5.32 Å². The van der Waals surface area contributed by atoms with Crippen LogP contribution in [0.25, 0.3) is 22.3 Å². The summed E-state index contributed by atoms with van der Waals surface area (Å²) in [6, 6.07) is 15.7. The third-order valence-corrected chi connectivity index (χ3v) is 3.73. The Morgan fingerprint density at radius 3 is 2.50 bits per heavy atom. The summed E-state index contributed by atoms with van der Waals surface area (Å²) in [5.41, 5.74) is 1.76. The van der Waals surface area contributed by atoms with E-state index in [1.54, 1.807) is 0 Å². The van der Waals surface area contributed by atoms with Gasteiger partial charge >= 0.3 is 0 Å². The number of nitrogens with zero attached hydrogens (tertiary/aromatic N) is 2. The van der Waals surface area contributed by atoms with Crippen molar-refractivity contribution in [1.29, 1.82) is 0 Å². The molecular formula is C18H18ClN3. The van der Waals surface area contributed by atoms with Crippen molar-refractivity contribution < 1.29 is 0 Å². The van der Waals surface area contributed by atoms with Crippen LogP contribution >= 0.6 is 11.6 Å². The molecule has 0 aliphatic carbocycles. The Balaban J connectivity index is 2.14. The number of benzene rings is 2. The monoisotopic (exact) mass is 311 g/mol. The van der Waals surface area contributed by atoms with Crippen LogP contribution in [0, 0.1) is 5.92 Å². The van der Waals surface area contributed by atoms with E-state index in [0.29, 0.717) is 16.8 Å². The fraction of sp³-hybridized carbons (Fsp3) is 0.222. The lowest BCUT2D eigenvalue weighted by atomic mass is 10.1. The van der Waals surface area contributed by atoms with Gasteiger partial charge in [-0.3, -0.25) is 0 Å². The van der Waals surface area contributed by atoms with E-state index in [9.17, 15) is 0 Å². The largest absolute Gasteiger partial charge is 0.369 e. The van der Waals surface area contributed by atoms with Crippen molar-refractivity contribution in [2.45, 2.75) is 13.8 Å². The molecule has 0 amide bonds. The number of hydrogen-bond acceptors (Lipinski definition) is 3. The summed E-state index contributed by atoms with van der Waals surface area (Å²) >= 11 is 6.29. The molecule has 112 valence electrons. The number of para-hydroxylation sites is 1. The lowest BCUT2D eigenvalue weighted by Crippen LogP contribution is -2.10. The standard InChI is InChI=1S/C18H18ClN3/c1-12(2)11-20-17-14-8-4-6-10-16(14)21-18(22-17)13-7-3-5-9-15(13)19/h3-10,12H,11H2,1-2H3,(H,20,21,22). The summed E-state index contributed by atoms with van der Waals surface area (Å²) in [7, 11) is 0. The van der Waals surface area contributed by atoms with E-state index < -0.39 is 0 Å². The molecule has 3 aromatic rings. The van der Waals surface area contributed by atoms with E-state index in [1.807, 2.05) is 48.5 Å². The first-order valence-electron chi connectivity index (χ1n) is 7.40. The fourth-order valence-corrected chi connectivity index (χ4v) is 2.50. The summed E-state index contributed by atoms with van der Waals surface area (Å²) in [6.07, 6.45) is 0. The predicted octanol–water partition coefficient (Wildman–Crippen LogP) is 5.02. The van der Waals surface area contributed by atoms with Gasteiger partial charge < -0.3 is 5.32 Å². The maximum Gasteiger partial charge on any atom is 0.163 e. The topological polar surface area (TPSA) is 37.8 Å². The molecule has 0 bridgehead atoms. The summed E-state index contributed by atoms with van der Waals surface area (Å²) in [4.78, 5) is 9.36. The first-order chi connectivity index (χ1) is 10.6. The Morgan fingerprint density at radius 2 is 1.73 bits per heavy atom. The molecule has 1 N–H and O–H groups in total. The van der Waals surface area contributed by atoms with Crippen LogP contribution in [0.2, 0.25) is 5.02 Å². The summed E-state index contributed by atoms with van der Waals surface area (Å²) in [5.74, 6) is 2.04. The van der Waals surface area contributed by atoms with Crippen molar-refractivity contribution in [3.8, 4) is 11.4 Å². The minimum atomic E-state index is 0.539. The minimum absolute atomic E-state index is 0.539. The normalized spacial score (nSPS) is 11.1. The number of halogens is 1. The van der Waals surface area contributed by atoms with Crippen molar-refractivity contribution in [3.63, 3.8) is 0 Å². The van der Waals surface area contributed by atoms with Gasteiger partial charge in [-0.2, -0.15) is 0 Å². The Hall–Kier alpha value is -2.13. The zero-order valence-electron chi connectivity index (χ0n) is 12.7. The Kier molecular flexibility index (Phi) is 4.25. The quantitative estimate of drug-likeness (QED) is 0.735. The summed E-state index contributed by atoms with van der Waals surface area (Å²) in [6.45, 7) is 5.21. The maximum atomic E-state index is 6.29. The molecule has 0 saturated heterocycles. The Morgan fingerprint density at radius 1 is 1.00 bits per heavy atom. The van der Waals surface area contributed by atoms with Gasteiger partial charge in [0, 0.05) is 17.5 Å². The zero-order chi connectivity index (χ0) is 15.5. The highest BCUT2D eigenvalue weighted by molar-refractivity contribution is 6.33. The van der Waals surface area contributed by atoms with Gasteiger partial charge in [0.15, 0.2) is 5.82 Å². The van der Waals surface area contributed by atoms with Crippen molar-refractivity contribution in [1.82, 2.24) is 9.97 Å². The Bertz CT molecular complexity index is 799. The van der Waals surface area contributed by atoms with Gasteiger partial charge in [0.25, 0.3) is 0 Å². The molecule has 0 aliphatic rings. The van der Waals surface area contributed by atoms with Gasteiger partial charge in [-0.05, 0) is 30.2 Å². The first-order valence-corrected chi connectivity index (χ1v) is 7.78. The fourth-order valence-electron chi connectivity index (χ4n) is 2.28. The highest BCUT2D eigenvalue weighted by Gasteiger charge is 2.11. The molecular weight excluding hydrogens is 294 g/mol. The van der Waals surface area contributed by atoms with Gasteiger partial charge in [0.1, 0.15) is 5.82 Å². The molecule has 3 nitrogen and oxygen atoms in total. The Labute approximate surface area is 135 Å². The van der Waals surface area contributed by atoms with Gasteiger partial charge in [0.2, 0.25) is 0 Å². The van der Waals surface area contributed by atoms with Crippen molar-refractivity contribution >= 4 is 28.3 Å². The van der Waals surface area contributed by atoms with Crippen LogP contribution in [-0.4, -0.2) is 16.5 Å². The molecule has 0 aliphatic heterocycles. The molecule has 0 unspecified atom stereocenters. The number of rotatable bonds is 4. The van der Waals surface area contributed by atoms with E-state index >= 15 is 0 Å². The molecule has 0 spiro atoms. The van der Waals surface area contributed by atoms with Gasteiger partial charge in [-0.1, -0.05) is 49.7 Å². The molecule has 0 saturated carbocycles. The van der Waals surface area contributed by atoms with Gasteiger partial charge in [-0.25, -0.2) is 9.97 Å². The van der Waals surface area contributed by atoms with Crippen molar-refractivity contribution in [3.05, 3.63) is 53.6 Å². The van der Waals surface area contributed by atoms with Crippen LogP contribution in [0.5, 0.6) is 0 Å². The van der Waals surface area contributed by atoms with Crippen LogP contribution in [-0.2, 0) is 0 Å². The SMILES string of the molecule is CC(C)CNc1nc(-c2ccccc2Cl)nc2ccccc12. The summed E-state index contributed by atoms with van der Waals surface area (Å²) < 4.78 is 0. The third kappa shape index (κ3) is 3.04. The molecule has 1 aromatic heterocycles. The van der Waals surface area contributed by atoms with E-state index in [1.165, 1.54) is 0 Å². The number of nitrogens with one attached hydrogen (secondary N) is 1. The number of hydrogen-bond donors (Lipinski definition) is 1. The molecule has 2 aromatic carbocycles. The second kappa shape index (κ2) is 6.32.